The van der Waals surface area contributed by atoms with Crippen molar-refractivity contribution >= 4 is 14.2 Å². The number of hydrogen-bond donors (Lipinski definition) is 2. The average molecular weight is 203 g/mol. The molecule has 0 amide bonds. The molecule has 3 nitrogen and oxygen atoms in total. The molecule has 78 valence electrons. The van der Waals surface area contributed by atoms with Crippen molar-refractivity contribution in [2.24, 2.45) is 5.92 Å². The minimum atomic E-state index is -1.49. The highest BCUT2D eigenvalue weighted by Gasteiger charge is 2.28. The van der Waals surface area contributed by atoms with Gasteiger partial charge in [0, 0.05) is 0 Å². The molecule has 0 bridgehead atoms. The zero-order valence-corrected chi connectivity index (χ0v) is 10.2. The molecule has 0 aliphatic rings. The molecule has 0 saturated heterocycles. The first-order valence-corrected chi connectivity index (χ1v) is 8.28. The van der Waals surface area contributed by atoms with Crippen LogP contribution in [-0.2, 0) is 4.79 Å². The Labute approximate surface area is 81.6 Å². The van der Waals surface area contributed by atoms with Crippen LogP contribution in [0.15, 0.2) is 0 Å². The van der Waals surface area contributed by atoms with E-state index >= 15 is 0 Å². The molecule has 0 heterocycles. The molecule has 2 atom stereocenters. The summed E-state index contributed by atoms with van der Waals surface area (Å²) in [5.74, 6) is -0.527. The fourth-order valence-electron chi connectivity index (χ4n) is 1.15. The SMILES string of the molecule is CC[C@H](C)[C@H](N[Si](C)(C)C)C(=O)O. The summed E-state index contributed by atoms with van der Waals surface area (Å²) in [6.45, 7) is 10.3. The molecule has 0 fully saturated rings. The summed E-state index contributed by atoms with van der Waals surface area (Å²) in [7, 11) is -1.49. The van der Waals surface area contributed by atoms with Gasteiger partial charge in [0.1, 0.15) is 14.3 Å². The van der Waals surface area contributed by atoms with Gasteiger partial charge in [-0.15, -0.1) is 0 Å². The molecule has 0 aromatic heterocycles. The number of carboxylic acids is 1. The van der Waals surface area contributed by atoms with E-state index in [1.165, 1.54) is 0 Å². The summed E-state index contributed by atoms with van der Waals surface area (Å²) in [6.07, 6.45) is 0.897. The quantitative estimate of drug-likeness (QED) is 0.671. The van der Waals surface area contributed by atoms with Crippen molar-refractivity contribution < 1.29 is 9.90 Å². The zero-order chi connectivity index (χ0) is 10.6. The van der Waals surface area contributed by atoms with Crippen LogP contribution in [0.5, 0.6) is 0 Å². The molecule has 0 aromatic carbocycles. The second-order valence-electron chi connectivity index (χ2n) is 4.60. The van der Waals surface area contributed by atoms with Crippen molar-refractivity contribution in [3.8, 4) is 0 Å². The third-order valence-corrected chi connectivity index (χ3v) is 3.24. The second-order valence-corrected chi connectivity index (χ2v) is 9.38. The van der Waals surface area contributed by atoms with Crippen molar-refractivity contribution in [3.63, 3.8) is 0 Å². The number of hydrogen-bond acceptors (Lipinski definition) is 2. The van der Waals surface area contributed by atoms with Gasteiger partial charge in [-0.2, -0.15) is 0 Å². The van der Waals surface area contributed by atoms with Crippen LogP contribution < -0.4 is 4.98 Å². The molecule has 0 aliphatic carbocycles. The fourth-order valence-corrected chi connectivity index (χ4v) is 2.49. The van der Waals surface area contributed by atoms with Crippen molar-refractivity contribution in [2.75, 3.05) is 0 Å². The molecule has 0 spiro atoms. The number of carbonyl (C=O) groups is 1. The molecular weight excluding hydrogens is 182 g/mol. The van der Waals surface area contributed by atoms with E-state index in [1.54, 1.807) is 0 Å². The van der Waals surface area contributed by atoms with Crippen LogP contribution in [0.4, 0.5) is 0 Å². The minimum Gasteiger partial charge on any atom is -0.480 e. The Morgan fingerprint density at radius 3 is 2.15 bits per heavy atom. The Kier molecular flexibility index (Phi) is 4.63. The summed E-state index contributed by atoms with van der Waals surface area (Å²) in [6, 6.07) is -0.378. The second kappa shape index (κ2) is 4.76. The van der Waals surface area contributed by atoms with Crippen molar-refractivity contribution in [3.05, 3.63) is 0 Å². The third kappa shape index (κ3) is 5.05. The number of carboxylic acid groups (broad SMARTS) is 1. The number of nitrogens with one attached hydrogen (secondary N) is 1. The smallest absolute Gasteiger partial charge is 0.320 e. The maximum Gasteiger partial charge on any atom is 0.320 e. The lowest BCUT2D eigenvalue weighted by atomic mass is 10.0. The number of aliphatic carboxylic acids is 1. The first-order valence-electron chi connectivity index (χ1n) is 4.78. The molecule has 0 aromatic rings. The lowest BCUT2D eigenvalue weighted by Gasteiger charge is -2.27. The van der Waals surface area contributed by atoms with Gasteiger partial charge >= 0.3 is 5.97 Å². The van der Waals surface area contributed by atoms with Crippen LogP contribution >= 0.6 is 0 Å². The van der Waals surface area contributed by atoms with E-state index in [9.17, 15) is 4.79 Å². The van der Waals surface area contributed by atoms with Crippen LogP contribution in [0.1, 0.15) is 20.3 Å². The lowest BCUT2D eigenvalue weighted by molar-refractivity contribution is -0.140. The van der Waals surface area contributed by atoms with E-state index in [4.69, 9.17) is 5.11 Å². The lowest BCUT2D eigenvalue weighted by Crippen LogP contribution is -2.53. The standard InChI is InChI=1S/C9H21NO2Si/c1-6-7(2)8(9(11)12)10-13(3,4)5/h7-8,10H,6H2,1-5H3,(H,11,12)/t7-,8-/m0/s1. The third-order valence-electron chi connectivity index (χ3n) is 2.07. The molecule has 13 heavy (non-hydrogen) atoms. The molecule has 4 heteroatoms. The zero-order valence-electron chi connectivity index (χ0n) is 9.22. The van der Waals surface area contributed by atoms with Gasteiger partial charge in [-0.3, -0.25) is 4.79 Å². The Bertz CT molecular complexity index is 177. The van der Waals surface area contributed by atoms with Crippen molar-refractivity contribution in [2.45, 2.75) is 46.0 Å². The van der Waals surface area contributed by atoms with E-state index < -0.39 is 14.2 Å². The Hall–Kier alpha value is -0.353. The topological polar surface area (TPSA) is 49.3 Å². The maximum atomic E-state index is 10.9. The predicted octanol–water partition coefficient (Wildman–Crippen LogP) is 1.91. The van der Waals surface area contributed by atoms with Crippen LogP contribution in [-0.4, -0.2) is 25.4 Å². The van der Waals surface area contributed by atoms with Gasteiger partial charge in [0.15, 0.2) is 0 Å². The largest absolute Gasteiger partial charge is 0.480 e. The van der Waals surface area contributed by atoms with Crippen LogP contribution in [0.3, 0.4) is 0 Å². The van der Waals surface area contributed by atoms with E-state index in [2.05, 4.69) is 24.6 Å². The van der Waals surface area contributed by atoms with Crippen LogP contribution in [0.25, 0.3) is 0 Å². The van der Waals surface area contributed by atoms with Gasteiger partial charge in [0.2, 0.25) is 0 Å². The summed E-state index contributed by atoms with van der Waals surface area (Å²) < 4.78 is 0. The molecular formula is C9H21NO2Si. The highest BCUT2D eigenvalue weighted by atomic mass is 28.3. The first-order chi connectivity index (χ1) is 5.78. The summed E-state index contributed by atoms with van der Waals surface area (Å²) in [5, 5.41) is 9.00. The van der Waals surface area contributed by atoms with Crippen LogP contribution in [0, 0.1) is 5.92 Å². The van der Waals surface area contributed by atoms with Gasteiger partial charge in [0.25, 0.3) is 0 Å². The molecule has 0 unspecified atom stereocenters. The Balaban J connectivity index is 4.36. The highest BCUT2D eigenvalue weighted by molar-refractivity contribution is 6.73. The highest BCUT2D eigenvalue weighted by Crippen LogP contribution is 2.10. The normalized spacial score (nSPS) is 16.7. The molecule has 0 aliphatic heterocycles. The Morgan fingerprint density at radius 1 is 1.46 bits per heavy atom. The van der Waals surface area contributed by atoms with E-state index in [1.807, 2.05) is 13.8 Å². The van der Waals surface area contributed by atoms with Crippen molar-refractivity contribution in [1.29, 1.82) is 0 Å². The fraction of sp³-hybridized carbons (Fsp3) is 0.889. The van der Waals surface area contributed by atoms with Crippen LogP contribution in [0.2, 0.25) is 19.6 Å². The van der Waals surface area contributed by atoms with Gasteiger partial charge in [-0.05, 0) is 5.92 Å². The minimum absolute atomic E-state index is 0.198. The molecule has 0 radical (unpaired) electrons. The van der Waals surface area contributed by atoms with Gasteiger partial charge < -0.3 is 10.1 Å². The summed E-state index contributed by atoms with van der Waals surface area (Å²) >= 11 is 0. The Morgan fingerprint density at radius 2 is 1.92 bits per heavy atom. The summed E-state index contributed by atoms with van der Waals surface area (Å²) in [5.41, 5.74) is 0. The van der Waals surface area contributed by atoms with Crippen molar-refractivity contribution in [1.82, 2.24) is 4.98 Å². The predicted molar refractivity (Wildman–Crippen MR) is 57.4 cm³/mol. The van der Waals surface area contributed by atoms with E-state index in [0.717, 1.165) is 6.42 Å². The number of rotatable bonds is 5. The molecule has 2 N–H and O–H groups in total. The van der Waals surface area contributed by atoms with Gasteiger partial charge in [0.05, 0.1) is 0 Å². The van der Waals surface area contributed by atoms with Gasteiger partial charge in [-0.25, -0.2) is 0 Å². The van der Waals surface area contributed by atoms with Gasteiger partial charge in [-0.1, -0.05) is 39.9 Å². The molecule has 0 rings (SSSR count). The van der Waals surface area contributed by atoms with E-state index in [-0.39, 0.29) is 12.0 Å². The maximum absolute atomic E-state index is 10.9. The monoisotopic (exact) mass is 203 g/mol. The molecule has 0 saturated carbocycles. The first kappa shape index (κ1) is 12.6. The average Bonchev–Trinajstić information content (AvgIpc) is 1.96. The van der Waals surface area contributed by atoms with E-state index in [0.29, 0.717) is 0 Å². The summed E-state index contributed by atoms with van der Waals surface area (Å²) in [4.78, 5) is 14.2.